The number of imidazole rings is 1. The van der Waals surface area contributed by atoms with Gasteiger partial charge in [0, 0.05) is 17.1 Å². The first-order chi connectivity index (χ1) is 10.2. The maximum absolute atomic E-state index is 4.48. The average Bonchev–Trinajstić information content (AvgIpc) is 3.07. The molecule has 0 saturated heterocycles. The van der Waals surface area contributed by atoms with E-state index in [1.807, 2.05) is 17.5 Å². The molecule has 0 aliphatic carbocycles. The molecule has 0 unspecified atom stereocenters. The molecule has 0 saturated carbocycles. The number of nitrogens with zero attached hydrogens (tertiary/aromatic N) is 2. The Morgan fingerprint density at radius 1 is 1.29 bits per heavy atom. The standard InChI is InChI=1S/C17H21N3S/c1-13(2)9-18-10-17-19-7-8-20(17)11-14-12-21-16-6-4-3-5-15(14)16/h3-8,12-13,18H,9-11H2,1-2H3. The summed E-state index contributed by atoms with van der Waals surface area (Å²) in [5.74, 6) is 1.76. The molecule has 110 valence electrons. The zero-order chi connectivity index (χ0) is 14.7. The highest BCUT2D eigenvalue weighted by Gasteiger charge is 2.07. The van der Waals surface area contributed by atoms with E-state index in [2.05, 4.69) is 64.6 Å². The predicted molar refractivity (Wildman–Crippen MR) is 89.7 cm³/mol. The van der Waals surface area contributed by atoms with Gasteiger partial charge in [-0.25, -0.2) is 4.98 Å². The van der Waals surface area contributed by atoms with E-state index >= 15 is 0 Å². The van der Waals surface area contributed by atoms with Crippen molar-refractivity contribution in [2.75, 3.05) is 6.54 Å². The Hall–Kier alpha value is -1.65. The first-order valence-corrected chi connectivity index (χ1v) is 8.28. The molecule has 0 radical (unpaired) electrons. The van der Waals surface area contributed by atoms with Gasteiger partial charge in [0.1, 0.15) is 5.82 Å². The van der Waals surface area contributed by atoms with Crippen LogP contribution in [0.3, 0.4) is 0 Å². The van der Waals surface area contributed by atoms with E-state index in [4.69, 9.17) is 0 Å². The molecule has 0 aliphatic rings. The van der Waals surface area contributed by atoms with E-state index in [1.54, 1.807) is 0 Å². The molecule has 0 fully saturated rings. The normalized spacial score (nSPS) is 11.6. The Kier molecular flexibility index (Phi) is 4.36. The molecule has 21 heavy (non-hydrogen) atoms. The summed E-state index contributed by atoms with van der Waals surface area (Å²) in [4.78, 5) is 4.48. The van der Waals surface area contributed by atoms with Crippen molar-refractivity contribution in [3.05, 3.63) is 53.4 Å². The lowest BCUT2D eigenvalue weighted by atomic mass is 10.2. The molecule has 0 atom stereocenters. The first kappa shape index (κ1) is 14.3. The summed E-state index contributed by atoms with van der Waals surface area (Å²) in [6.45, 7) is 7.18. The summed E-state index contributed by atoms with van der Waals surface area (Å²) < 4.78 is 3.59. The third-order valence-corrected chi connectivity index (χ3v) is 4.55. The minimum Gasteiger partial charge on any atom is -0.329 e. The molecule has 0 amide bonds. The number of thiophene rings is 1. The number of aromatic nitrogens is 2. The van der Waals surface area contributed by atoms with Gasteiger partial charge in [-0.2, -0.15) is 0 Å². The van der Waals surface area contributed by atoms with Gasteiger partial charge in [0.05, 0.1) is 13.1 Å². The van der Waals surface area contributed by atoms with Crippen LogP contribution in [-0.4, -0.2) is 16.1 Å². The van der Waals surface area contributed by atoms with E-state index in [9.17, 15) is 0 Å². The highest BCUT2D eigenvalue weighted by atomic mass is 32.1. The third kappa shape index (κ3) is 3.34. The number of nitrogens with one attached hydrogen (secondary N) is 1. The summed E-state index contributed by atoms with van der Waals surface area (Å²) in [6, 6.07) is 8.59. The largest absolute Gasteiger partial charge is 0.329 e. The molecule has 2 heterocycles. The number of hydrogen-bond acceptors (Lipinski definition) is 3. The molecule has 0 bridgehead atoms. The Labute approximate surface area is 129 Å². The highest BCUT2D eigenvalue weighted by molar-refractivity contribution is 7.17. The second kappa shape index (κ2) is 6.41. The van der Waals surface area contributed by atoms with Gasteiger partial charge in [-0.1, -0.05) is 32.0 Å². The van der Waals surface area contributed by atoms with Gasteiger partial charge in [0.25, 0.3) is 0 Å². The van der Waals surface area contributed by atoms with E-state index in [0.717, 1.165) is 25.5 Å². The quantitative estimate of drug-likeness (QED) is 0.748. The van der Waals surface area contributed by atoms with Gasteiger partial charge >= 0.3 is 0 Å². The Bertz CT molecular complexity index is 711. The summed E-state index contributed by atoms with van der Waals surface area (Å²) in [7, 11) is 0. The maximum Gasteiger partial charge on any atom is 0.122 e. The van der Waals surface area contributed by atoms with E-state index < -0.39 is 0 Å². The fraction of sp³-hybridized carbons (Fsp3) is 0.353. The van der Waals surface area contributed by atoms with Gasteiger partial charge in [-0.15, -0.1) is 11.3 Å². The molecular formula is C17H21N3S. The molecule has 3 rings (SSSR count). The highest BCUT2D eigenvalue weighted by Crippen LogP contribution is 2.26. The van der Waals surface area contributed by atoms with Crippen LogP contribution in [0.25, 0.3) is 10.1 Å². The van der Waals surface area contributed by atoms with Gasteiger partial charge in [0.2, 0.25) is 0 Å². The van der Waals surface area contributed by atoms with Crippen molar-refractivity contribution in [2.24, 2.45) is 5.92 Å². The zero-order valence-electron chi connectivity index (χ0n) is 12.5. The van der Waals surface area contributed by atoms with Crippen molar-refractivity contribution in [1.29, 1.82) is 0 Å². The van der Waals surface area contributed by atoms with Crippen molar-refractivity contribution in [3.63, 3.8) is 0 Å². The van der Waals surface area contributed by atoms with Crippen LogP contribution < -0.4 is 5.32 Å². The topological polar surface area (TPSA) is 29.9 Å². The Morgan fingerprint density at radius 3 is 3.00 bits per heavy atom. The summed E-state index contributed by atoms with van der Waals surface area (Å²) in [5.41, 5.74) is 1.37. The van der Waals surface area contributed by atoms with Gasteiger partial charge in [-0.05, 0) is 34.9 Å². The number of fused-ring (bicyclic) bond motifs is 1. The molecule has 2 aromatic heterocycles. The Balaban J connectivity index is 1.75. The van der Waals surface area contributed by atoms with E-state index in [1.165, 1.54) is 15.6 Å². The van der Waals surface area contributed by atoms with Crippen LogP contribution in [0, 0.1) is 5.92 Å². The van der Waals surface area contributed by atoms with Gasteiger partial charge in [0.15, 0.2) is 0 Å². The van der Waals surface area contributed by atoms with Gasteiger partial charge in [-0.3, -0.25) is 0 Å². The van der Waals surface area contributed by atoms with Crippen molar-refractivity contribution in [2.45, 2.75) is 26.9 Å². The third-order valence-electron chi connectivity index (χ3n) is 3.54. The SMILES string of the molecule is CC(C)CNCc1nccn1Cc1csc2ccccc12. The molecule has 3 aromatic rings. The summed E-state index contributed by atoms with van der Waals surface area (Å²) >= 11 is 1.81. The van der Waals surface area contributed by atoms with Crippen molar-refractivity contribution >= 4 is 21.4 Å². The summed E-state index contributed by atoms with van der Waals surface area (Å²) in [6.07, 6.45) is 3.96. The van der Waals surface area contributed by atoms with Crippen LogP contribution in [-0.2, 0) is 13.1 Å². The van der Waals surface area contributed by atoms with Crippen LogP contribution >= 0.6 is 11.3 Å². The average molecular weight is 299 g/mol. The minimum atomic E-state index is 0.661. The van der Waals surface area contributed by atoms with Crippen molar-refractivity contribution in [1.82, 2.24) is 14.9 Å². The van der Waals surface area contributed by atoms with Crippen LogP contribution in [0.5, 0.6) is 0 Å². The lowest BCUT2D eigenvalue weighted by Gasteiger charge is -2.10. The van der Waals surface area contributed by atoms with Crippen molar-refractivity contribution < 1.29 is 0 Å². The molecule has 0 spiro atoms. The fourth-order valence-corrected chi connectivity index (χ4v) is 3.42. The fourth-order valence-electron chi connectivity index (χ4n) is 2.46. The number of hydrogen-bond donors (Lipinski definition) is 1. The molecule has 1 aromatic carbocycles. The molecule has 3 nitrogen and oxygen atoms in total. The van der Waals surface area contributed by atoms with Crippen LogP contribution in [0.1, 0.15) is 25.2 Å². The maximum atomic E-state index is 4.48. The lowest BCUT2D eigenvalue weighted by molar-refractivity contribution is 0.533. The predicted octanol–water partition coefficient (Wildman–Crippen LogP) is 3.89. The van der Waals surface area contributed by atoms with Crippen LogP contribution in [0.15, 0.2) is 42.0 Å². The van der Waals surface area contributed by atoms with Crippen LogP contribution in [0.2, 0.25) is 0 Å². The smallest absolute Gasteiger partial charge is 0.122 e. The van der Waals surface area contributed by atoms with E-state index in [-0.39, 0.29) is 0 Å². The van der Waals surface area contributed by atoms with Crippen molar-refractivity contribution in [3.8, 4) is 0 Å². The molecular weight excluding hydrogens is 278 g/mol. The minimum absolute atomic E-state index is 0.661. The van der Waals surface area contributed by atoms with E-state index in [0.29, 0.717) is 5.92 Å². The number of benzene rings is 1. The molecule has 0 aliphatic heterocycles. The Morgan fingerprint density at radius 2 is 2.14 bits per heavy atom. The molecule has 1 N–H and O–H groups in total. The molecule has 4 heteroatoms. The summed E-state index contributed by atoms with van der Waals surface area (Å²) in [5, 5.41) is 7.08. The lowest BCUT2D eigenvalue weighted by Crippen LogP contribution is -2.21. The second-order valence-electron chi connectivity index (χ2n) is 5.75. The number of rotatable bonds is 6. The zero-order valence-corrected chi connectivity index (χ0v) is 13.4. The van der Waals surface area contributed by atoms with Crippen LogP contribution in [0.4, 0.5) is 0 Å². The monoisotopic (exact) mass is 299 g/mol. The van der Waals surface area contributed by atoms with Gasteiger partial charge < -0.3 is 9.88 Å². The second-order valence-corrected chi connectivity index (χ2v) is 6.66. The first-order valence-electron chi connectivity index (χ1n) is 7.40.